The standard InChI is InChI=1S/C16H26ClNO/c1-11(17)3-4-18(2)15(19)16-8-12-5-13(9-16)7-14(6-12)10-16/h11-14H,3-10H2,1-2H3. The molecule has 1 unspecified atom stereocenters. The van der Waals surface area contributed by atoms with E-state index in [1.54, 1.807) is 0 Å². The fourth-order valence-corrected chi connectivity index (χ4v) is 5.35. The summed E-state index contributed by atoms with van der Waals surface area (Å²) in [5.41, 5.74) is 0.0129. The Bertz CT molecular complexity index is 330. The molecule has 0 aromatic heterocycles. The highest BCUT2D eigenvalue weighted by atomic mass is 35.5. The summed E-state index contributed by atoms with van der Waals surface area (Å²) in [7, 11) is 1.97. The summed E-state index contributed by atoms with van der Waals surface area (Å²) in [6.07, 6.45) is 8.59. The predicted molar refractivity (Wildman–Crippen MR) is 78.2 cm³/mol. The summed E-state index contributed by atoms with van der Waals surface area (Å²) in [6, 6.07) is 0. The second kappa shape index (κ2) is 4.95. The van der Waals surface area contributed by atoms with Gasteiger partial charge in [-0.2, -0.15) is 0 Å². The van der Waals surface area contributed by atoms with E-state index in [0.29, 0.717) is 5.91 Å². The largest absolute Gasteiger partial charge is 0.345 e. The van der Waals surface area contributed by atoms with Crippen LogP contribution >= 0.6 is 11.6 Å². The minimum Gasteiger partial charge on any atom is -0.345 e. The van der Waals surface area contributed by atoms with Crippen LogP contribution in [0.3, 0.4) is 0 Å². The first-order chi connectivity index (χ1) is 8.98. The Hall–Kier alpha value is -0.240. The molecule has 0 aromatic rings. The number of nitrogens with zero attached hydrogens (tertiary/aromatic N) is 1. The van der Waals surface area contributed by atoms with Crippen molar-refractivity contribution in [3.63, 3.8) is 0 Å². The van der Waals surface area contributed by atoms with E-state index in [2.05, 4.69) is 0 Å². The summed E-state index contributed by atoms with van der Waals surface area (Å²) < 4.78 is 0. The Morgan fingerprint density at radius 1 is 1.21 bits per heavy atom. The molecule has 1 atom stereocenters. The van der Waals surface area contributed by atoms with E-state index < -0.39 is 0 Å². The molecule has 0 aliphatic heterocycles. The van der Waals surface area contributed by atoms with Gasteiger partial charge in [-0.15, -0.1) is 11.6 Å². The molecule has 0 N–H and O–H groups in total. The average Bonchev–Trinajstić information content (AvgIpc) is 2.33. The lowest BCUT2D eigenvalue weighted by atomic mass is 9.49. The SMILES string of the molecule is CC(Cl)CCN(C)C(=O)C12CC3CC(CC(C3)C1)C2. The number of carbonyl (C=O) groups excluding carboxylic acids is 1. The summed E-state index contributed by atoms with van der Waals surface area (Å²) in [6.45, 7) is 2.82. The third-order valence-corrected chi connectivity index (χ3v) is 5.92. The monoisotopic (exact) mass is 283 g/mol. The number of carbonyl (C=O) groups is 1. The van der Waals surface area contributed by atoms with Crippen LogP contribution in [0.25, 0.3) is 0 Å². The first kappa shape index (κ1) is 13.7. The van der Waals surface area contributed by atoms with Crippen LogP contribution in [0.2, 0.25) is 0 Å². The van der Waals surface area contributed by atoms with Gasteiger partial charge in [-0.05, 0) is 69.6 Å². The van der Waals surface area contributed by atoms with E-state index in [-0.39, 0.29) is 10.8 Å². The van der Waals surface area contributed by atoms with E-state index in [1.807, 2.05) is 18.9 Å². The van der Waals surface area contributed by atoms with Gasteiger partial charge in [-0.25, -0.2) is 0 Å². The van der Waals surface area contributed by atoms with Gasteiger partial charge in [0, 0.05) is 19.0 Å². The van der Waals surface area contributed by atoms with Crippen LogP contribution in [-0.4, -0.2) is 29.8 Å². The molecule has 19 heavy (non-hydrogen) atoms. The molecule has 0 spiro atoms. The van der Waals surface area contributed by atoms with Gasteiger partial charge >= 0.3 is 0 Å². The van der Waals surface area contributed by atoms with Crippen LogP contribution in [0.4, 0.5) is 0 Å². The van der Waals surface area contributed by atoms with Gasteiger partial charge in [0.1, 0.15) is 0 Å². The van der Waals surface area contributed by atoms with Gasteiger partial charge in [0.2, 0.25) is 5.91 Å². The molecule has 2 nitrogen and oxygen atoms in total. The van der Waals surface area contributed by atoms with E-state index in [4.69, 9.17) is 11.6 Å². The summed E-state index contributed by atoms with van der Waals surface area (Å²) in [5.74, 6) is 2.95. The van der Waals surface area contributed by atoms with Crippen LogP contribution in [0.5, 0.6) is 0 Å². The van der Waals surface area contributed by atoms with Crippen molar-refractivity contribution in [2.24, 2.45) is 23.2 Å². The highest BCUT2D eigenvalue weighted by molar-refractivity contribution is 6.20. The molecule has 1 amide bonds. The highest BCUT2D eigenvalue weighted by Gasteiger charge is 2.55. The summed E-state index contributed by atoms with van der Waals surface area (Å²) in [4.78, 5) is 14.9. The van der Waals surface area contributed by atoms with Crippen LogP contribution in [0, 0.1) is 23.2 Å². The van der Waals surface area contributed by atoms with Crippen molar-refractivity contribution in [2.45, 2.75) is 57.2 Å². The van der Waals surface area contributed by atoms with Gasteiger partial charge < -0.3 is 4.90 Å². The molecule has 0 heterocycles. The van der Waals surface area contributed by atoms with Crippen LogP contribution in [-0.2, 0) is 4.79 Å². The Balaban J connectivity index is 1.69. The number of hydrogen-bond acceptors (Lipinski definition) is 1. The maximum absolute atomic E-state index is 12.9. The Labute approximate surface area is 121 Å². The van der Waals surface area contributed by atoms with Crippen molar-refractivity contribution in [3.8, 4) is 0 Å². The minimum absolute atomic E-state index is 0.0129. The molecule has 4 aliphatic carbocycles. The van der Waals surface area contributed by atoms with Crippen molar-refractivity contribution in [2.75, 3.05) is 13.6 Å². The van der Waals surface area contributed by atoms with E-state index in [1.165, 1.54) is 38.5 Å². The van der Waals surface area contributed by atoms with E-state index >= 15 is 0 Å². The molecular formula is C16H26ClNO. The van der Waals surface area contributed by atoms with Crippen LogP contribution < -0.4 is 0 Å². The average molecular weight is 284 g/mol. The molecule has 0 aromatic carbocycles. The van der Waals surface area contributed by atoms with Crippen molar-refractivity contribution in [1.82, 2.24) is 4.90 Å². The lowest BCUT2D eigenvalue weighted by Gasteiger charge is -2.56. The third-order valence-electron chi connectivity index (χ3n) is 5.70. The van der Waals surface area contributed by atoms with Crippen LogP contribution in [0.1, 0.15) is 51.9 Å². The smallest absolute Gasteiger partial charge is 0.228 e. The number of hydrogen-bond donors (Lipinski definition) is 0. The summed E-state index contributed by atoms with van der Waals surface area (Å²) in [5, 5.41) is 0.159. The lowest BCUT2D eigenvalue weighted by Crippen LogP contribution is -2.54. The zero-order chi connectivity index (χ0) is 13.6. The Morgan fingerprint density at radius 3 is 2.11 bits per heavy atom. The van der Waals surface area contributed by atoms with Crippen molar-refractivity contribution in [1.29, 1.82) is 0 Å². The van der Waals surface area contributed by atoms with Gasteiger partial charge in [-0.3, -0.25) is 4.79 Å². The van der Waals surface area contributed by atoms with Gasteiger partial charge in [0.25, 0.3) is 0 Å². The molecule has 4 fully saturated rings. The molecule has 0 saturated heterocycles. The number of rotatable bonds is 4. The number of alkyl halides is 1. The molecular weight excluding hydrogens is 258 g/mol. The predicted octanol–water partition coefficient (Wildman–Crippen LogP) is 3.68. The first-order valence-electron chi connectivity index (χ1n) is 7.88. The topological polar surface area (TPSA) is 20.3 Å². The quantitative estimate of drug-likeness (QED) is 0.721. The van der Waals surface area contributed by atoms with E-state index in [0.717, 1.165) is 30.7 Å². The summed E-state index contributed by atoms with van der Waals surface area (Å²) >= 11 is 6.01. The van der Waals surface area contributed by atoms with Gasteiger partial charge in [0.05, 0.1) is 5.41 Å². The zero-order valence-electron chi connectivity index (χ0n) is 12.2. The molecule has 3 heteroatoms. The second-order valence-corrected chi connectivity index (χ2v) is 8.24. The molecule has 0 radical (unpaired) electrons. The Morgan fingerprint density at radius 2 is 1.68 bits per heavy atom. The van der Waals surface area contributed by atoms with Crippen molar-refractivity contribution >= 4 is 17.5 Å². The van der Waals surface area contributed by atoms with Crippen molar-refractivity contribution in [3.05, 3.63) is 0 Å². The second-order valence-electron chi connectivity index (χ2n) is 7.49. The lowest BCUT2D eigenvalue weighted by molar-refractivity contribution is -0.156. The minimum atomic E-state index is 0.0129. The molecule has 4 rings (SSSR count). The molecule has 4 saturated carbocycles. The Kier molecular flexibility index (Phi) is 3.57. The molecule has 4 aliphatic rings. The molecule has 4 bridgehead atoms. The van der Waals surface area contributed by atoms with Gasteiger partial charge in [-0.1, -0.05) is 0 Å². The maximum atomic E-state index is 12.9. The maximum Gasteiger partial charge on any atom is 0.228 e. The number of halogens is 1. The van der Waals surface area contributed by atoms with Crippen LogP contribution in [0.15, 0.2) is 0 Å². The molecule has 108 valence electrons. The third kappa shape index (κ3) is 2.53. The first-order valence-corrected chi connectivity index (χ1v) is 8.32. The number of amides is 1. The van der Waals surface area contributed by atoms with Gasteiger partial charge in [0.15, 0.2) is 0 Å². The van der Waals surface area contributed by atoms with E-state index in [9.17, 15) is 4.79 Å². The fraction of sp³-hybridized carbons (Fsp3) is 0.938. The van der Waals surface area contributed by atoms with Crippen molar-refractivity contribution < 1.29 is 4.79 Å². The normalized spacial score (nSPS) is 41.3. The highest BCUT2D eigenvalue weighted by Crippen LogP contribution is 2.60. The fourth-order valence-electron chi connectivity index (χ4n) is 5.25. The zero-order valence-corrected chi connectivity index (χ0v) is 13.0.